The van der Waals surface area contributed by atoms with Crippen LogP contribution in [0.3, 0.4) is 0 Å². The molecule has 0 spiro atoms. The first-order valence-electron chi connectivity index (χ1n) is 6.40. The number of para-hydroxylation sites is 1. The molecule has 0 fully saturated rings. The van der Waals surface area contributed by atoms with Gasteiger partial charge in [0.15, 0.2) is 11.5 Å². The zero-order valence-electron chi connectivity index (χ0n) is 11.4. The lowest BCUT2D eigenvalue weighted by atomic mass is 10.1. The molecule has 0 bridgehead atoms. The van der Waals surface area contributed by atoms with E-state index in [0.717, 1.165) is 11.3 Å². The summed E-state index contributed by atoms with van der Waals surface area (Å²) in [6.07, 6.45) is 0. The fourth-order valence-electron chi connectivity index (χ4n) is 2.23. The van der Waals surface area contributed by atoms with Crippen LogP contribution in [0.15, 0.2) is 42.5 Å². The molecule has 1 aliphatic heterocycles. The highest BCUT2D eigenvalue weighted by Gasteiger charge is 2.24. The number of hydrogen-bond donors (Lipinski definition) is 0. The van der Waals surface area contributed by atoms with E-state index in [1.807, 2.05) is 31.2 Å². The Labute approximate surface area is 117 Å². The van der Waals surface area contributed by atoms with Gasteiger partial charge in [0, 0.05) is 12.7 Å². The lowest BCUT2D eigenvalue weighted by molar-refractivity contribution is 0.0988. The average Bonchev–Trinajstić information content (AvgIpc) is 2.94. The molecule has 1 aliphatic rings. The molecule has 0 saturated heterocycles. The van der Waals surface area contributed by atoms with Crippen LogP contribution in [-0.2, 0) is 0 Å². The second kappa shape index (κ2) is 4.89. The average molecular weight is 269 g/mol. The highest BCUT2D eigenvalue weighted by Crippen LogP contribution is 2.36. The van der Waals surface area contributed by atoms with E-state index in [1.165, 1.54) is 0 Å². The van der Waals surface area contributed by atoms with E-state index in [4.69, 9.17) is 9.47 Å². The van der Waals surface area contributed by atoms with Gasteiger partial charge in [-0.25, -0.2) is 0 Å². The summed E-state index contributed by atoms with van der Waals surface area (Å²) in [6.45, 7) is 2.16. The number of anilines is 1. The van der Waals surface area contributed by atoms with Crippen molar-refractivity contribution in [2.45, 2.75) is 6.92 Å². The number of ether oxygens (including phenoxy) is 2. The van der Waals surface area contributed by atoms with Crippen molar-refractivity contribution in [2.75, 3.05) is 18.7 Å². The number of benzene rings is 2. The van der Waals surface area contributed by atoms with Gasteiger partial charge in [0.25, 0.3) is 5.91 Å². The largest absolute Gasteiger partial charge is 0.454 e. The highest BCUT2D eigenvalue weighted by atomic mass is 16.7. The summed E-state index contributed by atoms with van der Waals surface area (Å²) in [5.74, 6) is 1.03. The Morgan fingerprint density at radius 1 is 1.15 bits per heavy atom. The molecule has 20 heavy (non-hydrogen) atoms. The van der Waals surface area contributed by atoms with Crippen LogP contribution in [0.4, 0.5) is 5.69 Å². The molecule has 4 nitrogen and oxygen atoms in total. The van der Waals surface area contributed by atoms with Gasteiger partial charge in [0.1, 0.15) is 0 Å². The molecule has 0 aliphatic carbocycles. The monoisotopic (exact) mass is 269 g/mol. The van der Waals surface area contributed by atoms with Crippen LogP contribution in [0.25, 0.3) is 0 Å². The molecule has 2 aromatic carbocycles. The Morgan fingerprint density at radius 3 is 2.75 bits per heavy atom. The number of carbonyl (C=O) groups excluding carboxylic acids is 1. The number of nitrogens with zero attached hydrogens (tertiary/aromatic N) is 1. The van der Waals surface area contributed by atoms with E-state index < -0.39 is 0 Å². The Balaban J connectivity index is 1.95. The summed E-state index contributed by atoms with van der Waals surface area (Å²) >= 11 is 0. The SMILES string of the molecule is Cc1cccc(N(C)C(=O)c2cccc3c2OCO3)c1. The minimum absolute atomic E-state index is 0.113. The molecule has 4 heteroatoms. The first-order chi connectivity index (χ1) is 9.66. The number of aryl methyl sites for hydroxylation is 1. The smallest absolute Gasteiger partial charge is 0.261 e. The molecule has 3 rings (SSSR count). The number of hydrogen-bond acceptors (Lipinski definition) is 3. The van der Waals surface area contributed by atoms with Crippen LogP contribution < -0.4 is 14.4 Å². The van der Waals surface area contributed by atoms with Crippen molar-refractivity contribution < 1.29 is 14.3 Å². The van der Waals surface area contributed by atoms with Crippen LogP contribution >= 0.6 is 0 Å². The molecule has 1 amide bonds. The molecule has 102 valence electrons. The Hall–Kier alpha value is -2.49. The van der Waals surface area contributed by atoms with Crippen molar-refractivity contribution in [3.8, 4) is 11.5 Å². The van der Waals surface area contributed by atoms with Gasteiger partial charge in [-0.1, -0.05) is 18.2 Å². The van der Waals surface area contributed by atoms with E-state index in [0.29, 0.717) is 17.1 Å². The third-order valence-electron chi connectivity index (χ3n) is 3.32. The van der Waals surface area contributed by atoms with Gasteiger partial charge < -0.3 is 14.4 Å². The van der Waals surface area contributed by atoms with Crippen molar-refractivity contribution in [1.82, 2.24) is 0 Å². The van der Waals surface area contributed by atoms with Crippen LogP contribution in [-0.4, -0.2) is 19.7 Å². The van der Waals surface area contributed by atoms with Crippen LogP contribution in [0.5, 0.6) is 11.5 Å². The first kappa shape index (κ1) is 12.5. The summed E-state index contributed by atoms with van der Waals surface area (Å²) in [7, 11) is 1.76. The number of amides is 1. The minimum atomic E-state index is -0.113. The Morgan fingerprint density at radius 2 is 1.95 bits per heavy atom. The normalized spacial score (nSPS) is 12.3. The Kier molecular flexibility index (Phi) is 3.06. The molecular weight excluding hydrogens is 254 g/mol. The first-order valence-corrected chi connectivity index (χ1v) is 6.40. The predicted octanol–water partition coefficient (Wildman–Crippen LogP) is 3.00. The van der Waals surface area contributed by atoms with Crippen molar-refractivity contribution in [2.24, 2.45) is 0 Å². The topological polar surface area (TPSA) is 38.8 Å². The number of carbonyl (C=O) groups is 1. The van der Waals surface area contributed by atoms with Crippen LogP contribution in [0, 0.1) is 6.92 Å². The summed E-state index contributed by atoms with van der Waals surface area (Å²) in [4.78, 5) is 14.2. The van der Waals surface area contributed by atoms with Gasteiger partial charge in [0.2, 0.25) is 6.79 Å². The molecular formula is C16H15NO3. The summed E-state index contributed by atoms with van der Waals surface area (Å²) in [6, 6.07) is 13.2. The van der Waals surface area contributed by atoms with Crippen LogP contribution in [0.1, 0.15) is 15.9 Å². The van der Waals surface area contributed by atoms with Gasteiger partial charge in [0.05, 0.1) is 5.56 Å². The second-order valence-corrected chi connectivity index (χ2v) is 4.74. The van der Waals surface area contributed by atoms with Gasteiger partial charge in [-0.3, -0.25) is 4.79 Å². The van der Waals surface area contributed by atoms with Crippen molar-refractivity contribution in [1.29, 1.82) is 0 Å². The van der Waals surface area contributed by atoms with Crippen molar-refractivity contribution >= 4 is 11.6 Å². The highest BCUT2D eigenvalue weighted by molar-refractivity contribution is 6.08. The number of fused-ring (bicyclic) bond motifs is 1. The minimum Gasteiger partial charge on any atom is -0.454 e. The molecule has 0 unspecified atom stereocenters. The molecule has 0 saturated carbocycles. The van der Waals surface area contributed by atoms with E-state index in [1.54, 1.807) is 30.1 Å². The molecule has 2 aromatic rings. The maximum Gasteiger partial charge on any atom is 0.261 e. The lowest BCUT2D eigenvalue weighted by Crippen LogP contribution is -2.26. The van der Waals surface area contributed by atoms with E-state index >= 15 is 0 Å². The number of rotatable bonds is 2. The second-order valence-electron chi connectivity index (χ2n) is 4.74. The van der Waals surface area contributed by atoms with E-state index in [-0.39, 0.29) is 12.7 Å². The third-order valence-corrected chi connectivity index (χ3v) is 3.32. The molecule has 0 radical (unpaired) electrons. The van der Waals surface area contributed by atoms with Crippen LogP contribution in [0.2, 0.25) is 0 Å². The van der Waals surface area contributed by atoms with E-state index in [9.17, 15) is 4.79 Å². The summed E-state index contributed by atoms with van der Waals surface area (Å²) in [5, 5.41) is 0. The molecule has 0 aromatic heterocycles. The standard InChI is InChI=1S/C16H15NO3/c1-11-5-3-6-12(9-11)17(2)16(18)13-7-4-8-14-15(13)20-10-19-14/h3-9H,10H2,1-2H3. The molecule has 0 N–H and O–H groups in total. The van der Waals surface area contributed by atoms with Gasteiger partial charge in [-0.2, -0.15) is 0 Å². The molecule has 1 heterocycles. The quantitative estimate of drug-likeness (QED) is 0.841. The van der Waals surface area contributed by atoms with Gasteiger partial charge in [-0.05, 0) is 36.8 Å². The van der Waals surface area contributed by atoms with Crippen molar-refractivity contribution in [3.05, 3.63) is 53.6 Å². The van der Waals surface area contributed by atoms with Gasteiger partial charge >= 0.3 is 0 Å². The summed E-state index contributed by atoms with van der Waals surface area (Å²) in [5.41, 5.74) is 2.48. The van der Waals surface area contributed by atoms with Crippen molar-refractivity contribution in [3.63, 3.8) is 0 Å². The third kappa shape index (κ3) is 2.09. The fraction of sp³-hybridized carbons (Fsp3) is 0.188. The maximum atomic E-state index is 12.6. The van der Waals surface area contributed by atoms with E-state index in [2.05, 4.69) is 0 Å². The Bertz CT molecular complexity index is 667. The fourth-order valence-corrected chi connectivity index (χ4v) is 2.23. The summed E-state index contributed by atoms with van der Waals surface area (Å²) < 4.78 is 10.7. The predicted molar refractivity (Wildman–Crippen MR) is 76.5 cm³/mol. The maximum absolute atomic E-state index is 12.6. The van der Waals surface area contributed by atoms with Gasteiger partial charge in [-0.15, -0.1) is 0 Å². The lowest BCUT2D eigenvalue weighted by Gasteiger charge is -2.18. The zero-order valence-corrected chi connectivity index (χ0v) is 11.4. The zero-order chi connectivity index (χ0) is 14.1. The molecule has 0 atom stereocenters.